The van der Waals surface area contributed by atoms with Crippen LogP contribution < -0.4 is 0 Å². The molecule has 0 aromatic heterocycles. The van der Waals surface area contributed by atoms with E-state index in [2.05, 4.69) is 11.8 Å². The number of carbonyl (C=O) groups excluding carboxylic acids is 2. The van der Waals surface area contributed by atoms with E-state index in [-0.39, 0.29) is 17.3 Å². The molecular weight excluding hydrogens is 328 g/mol. The fraction of sp³-hybridized carbons (Fsp3) is 0.524. The predicted molar refractivity (Wildman–Crippen MR) is 103 cm³/mol. The van der Waals surface area contributed by atoms with Crippen LogP contribution in [0.1, 0.15) is 44.4 Å². The van der Waals surface area contributed by atoms with Crippen LogP contribution in [0.3, 0.4) is 0 Å². The van der Waals surface area contributed by atoms with Crippen molar-refractivity contribution < 1.29 is 14.7 Å². The lowest BCUT2D eigenvalue weighted by molar-refractivity contribution is -0.129. The largest absolute Gasteiger partial charge is 0.503 e. The number of hydrogen-bond donors (Lipinski definition) is 1. The second-order valence-electron chi connectivity index (χ2n) is 7.43. The number of rotatable bonds is 8. The van der Waals surface area contributed by atoms with Crippen molar-refractivity contribution in [3.05, 3.63) is 46.7 Å². The van der Waals surface area contributed by atoms with E-state index in [0.29, 0.717) is 6.54 Å². The quantitative estimate of drug-likeness (QED) is 0.776. The number of Topliss-reactive ketones (excluding diaryl/α,β-unsaturated/α-hetero) is 1. The van der Waals surface area contributed by atoms with Crippen molar-refractivity contribution >= 4 is 11.7 Å². The van der Waals surface area contributed by atoms with E-state index in [4.69, 9.17) is 0 Å². The van der Waals surface area contributed by atoms with Gasteiger partial charge >= 0.3 is 0 Å². The Morgan fingerprint density at radius 1 is 1.23 bits per heavy atom. The number of aliphatic hydroxyl groups is 1. The summed E-state index contributed by atoms with van der Waals surface area (Å²) in [6, 6.07) is 7.45. The van der Waals surface area contributed by atoms with Gasteiger partial charge in [0.2, 0.25) is 0 Å². The van der Waals surface area contributed by atoms with Gasteiger partial charge < -0.3 is 14.9 Å². The van der Waals surface area contributed by atoms with Crippen LogP contribution >= 0.6 is 0 Å². The average Bonchev–Trinajstić information content (AvgIpc) is 2.85. The molecule has 1 aromatic rings. The summed E-state index contributed by atoms with van der Waals surface area (Å²) in [6.07, 6.45) is 1.70. The number of aryl methyl sites for hydroxylation is 1. The van der Waals surface area contributed by atoms with E-state index >= 15 is 0 Å². The molecule has 0 fully saturated rings. The van der Waals surface area contributed by atoms with Gasteiger partial charge in [-0.05, 0) is 44.6 Å². The van der Waals surface area contributed by atoms with Crippen molar-refractivity contribution in [1.29, 1.82) is 0 Å². The van der Waals surface area contributed by atoms with Crippen LogP contribution in [-0.4, -0.2) is 53.8 Å². The molecule has 1 unspecified atom stereocenters. The first kappa shape index (κ1) is 20.2. The smallest absolute Gasteiger partial charge is 0.290 e. The van der Waals surface area contributed by atoms with Crippen LogP contribution in [-0.2, 0) is 16.0 Å². The molecule has 1 aromatic carbocycles. The Bertz CT molecular complexity index is 690. The number of hydrogen-bond acceptors (Lipinski definition) is 4. The molecule has 0 bridgehead atoms. The monoisotopic (exact) mass is 358 g/mol. The first-order valence-corrected chi connectivity index (χ1v) is 9.29. The minimum absolute atomic E-state index is 0.171. The lowest BCUT2D eigenvalue weighted by Gasteiger charge is -2.28. The van der Waals surface area contributed by atoms with Gasteiger partial charge in [0.15, 0.2) is 11.5 Å². The first-order valence-electron chi connectivity index (χ1n) is 9.29. The number of nitrogens with zero attached hydrogens (tertiary/aromatic N) is 2. The fourth-order valence-electron chi connectivity index (χ4n) is 3.29. The summed E-state index contributed by atoms with van der Waals surface area (Å²) in [5.41, 5.74) is 2.30. The molecule has 1 aliphatic rings. The van der Waals surface area contributed by atoms with Gasteiger partial charge in [-0.3, -0.25) is 9.59 Å². The Kier molecular flexibility index (Phi) is 6.59. The van der Waals surface area contributed by atoms with E-state index in [9.17, 15) is 14.7 Å². The van der Waals surface area contributed by atoms with Gasteiger partial charge in [-0.25, -0.2) is 0 Å². The highest BCUT2D eigenvalue weighted by Gasteiger charge is 2.43. The van der Waals surface area contributed by atoms with E-state index in [1.165, 1.54) is 5.56 Å². The Morgan fingerprint density at radius 3 is 2.35 bits per heavy atom. The van der Waals surface area contributed by atoms with Crippen molar-refractivity contribution in [1.82, 2.24) is 9.80 Å². The zero-order chi connectivity index (χ0) is 19.4. The van der Waals surface area contributed by atoms with Crippen LogP contribution in [0.25, 0.3) is 0 Å². The standard InChI is InChI=1S/C21H30N2O3/c1-6-15-8-10-16(11-9-15)18-17(19(24)14(2)3)20(25)21(26)23(18)13-7-12-22(4)5/h8-11,14,18,25H,6-7,12-13H2,1-5H3. The number of benzene rings is 1. The second kappa shape index (κ2) is 8.49. The van der Waals surface area contributed by atoms with Crippen molar-refractivity contribution in [2.45, 2.75) is 39.7 Å². The summed E-state index contributed by atoms with van der Waals surface area (Å²) >= 11 is 0. The van der Waals surface area contributed by atoms with Crippen LogP contribution in [0.2, 0.25) is 0 Å². The minimum atomic E-state index is -0.509. The lowest BCUT2D eigenvalue weighted by Crippen LogP contribution is -2.33. The molecule has 0 saturated carbocycles. The highest BCUT2D eigenvalue weighted by molar-refractivity contribution is 6.09. The van der Waals surface area contributed by atoms with Crippen molar-refractivity contribution in [2.24, 2.45) is 5.92 Å². The Labute approximate surface area is 156 Å². The Balaban J connectivity index is 2.40. The SMILES string of the molecule is CCc1ccc(C2C(C(=O)C(C)C)=C(O)C(=O)N2CCCN(C)C)cc1. The zero-order valence-corrected chi connectivity index (χ0v) is 16.5. The topological polar surface area (TPSA) is 60.9 Å². The summed E-state index contributed by atoms with van der Waals surface area (Å²) in [5, 5.41) is 10.4. The lowest BCUT2D eigenvalue weighted by atomic mass is 9.91. The number of aliphatic hydroxyl groups excluding tert-OH is 1. The average molecular weight is 358 g/mol. The van der Waals surface area contributed by atoms with Crippen LogP contribution in [0.4, 0.5) is 0 Å². The van der Waals surface area contributed by atoms with E-state index in [0.717, 1.165) is 24.9 Å². The van der Waals surface area contributed by atoms with E-state index in [1.54, 1.807) is 18.7 Å². The fourth-order valence-corrected chi connectivity index (χ4v) is 3.29. The Morgan fingerprint density at radius 2 is 1.85 bits per heavy atom. The molecule has 0 radical (unpaired) electrons. The summed E-state index contributed by atoms with van der Waals surface area (Å²) < 4.78 is 0. The molecule has 142 valence electrons. The third-order valence-corrected chi connectivity index (χ3v) is 4.80. The summed E-state index contributed by atoms with van der Waals surface area (Å²) in [5.74, 6) is -1.29. The molecule has 1 amide bonds. The third kappa shape index (κ3) is 4.15. The zero-order valence-electron chi connectivity index (χ0n) is 16.5. The third-order valence-electron chi connectivity index (χ3n) is 4.80. The summed E-state index contributed by atoms with van der Waals surface area (Å²) in [6.45, 7) is 6.99. The molecule has 0 saturated heterocycles. The molecule has 1 heterocycles. The van der Waals surface area contributed by atoms with Gasteiger partial charge in [-0.2, -0.15) is 0 Å². The molecule has 1 N–H and O–H groups in total. The second-order valence-corrected chi connectivity index (χ2v) is 7.43. The van der Waals surface area contributed by atoms with Gasteiger partial charge in [-0.1, -0.05) is 45.0 Å². The van der Waals surface area contributed by atoms with Crippen LogP contribution in [0.5, 0.6) is 0 Å². The predicted octanol–water partition coefficient (Wildman–Crippen LogP) is 3.12. The first-order chi connectivity index (χ1) is 12.3. The normalized spacial score (nSPS) is 17.7. The van der Waals surface area contributed by atoms with Gasteiger partial charge in [0, 0.05) is 12.5 Å². The molecule has 0 aliphatic carbocycles. The highest BCUT2D eigenvalue weighted by atomic mass is 16.3. The van der Waals surface area contributed by atoms with Gasteiger partial charge in [-0.15, -0.1) is 0 Å². The molecule has 2 rings (SSSR count). The maximum Gasteiger partial charge on any atom is 0.290 e. The van der Waals surface area contributed by atoms with Gasteiger partial charge in [0.25, 0.3) is 5.91 Å². The van der Waals surface area contributed by atoms with E-state index in [1.807, 2.05) is 38.4 Å². The summed E-state index contributed by atoms with van der Waals surface area (Å²) in [4.78, 5) is 29.1. The van der Waals surface area contributed by atoms with Gasteiger partial charge in [0.1, 0.15) is 0 Å². The van der Waals surface area contributed by atoms with Crippen molar-refractivity contribution in [3.8, 4) is 0 Å². The maximum atomic E-state index is 12.7. The van der Waals surface area contributed by atoms with Crippen molar-refractivity contribution in [3.63, 3.8) is 0 Å². The number of carbonyl (C=O) groups is 2. The Hall–Kier alpha value is -2.14. The highest BCUT2D eigenvalue weighted by Crippen LogP contribution is 2.39. The minimum Gasteiger partial charge on any atom is -0.503 e. The number of amides is 1. The molecule has 5 heteroatoms. The molecule has 5 nitrogen and oxygen atoms in total. The van der Waals surface area contributed by atoms with Crippen molar-refractivity contribution in [2.75, 3.05) is 27.2 Å². The van der Waals surface area contributed by atoms with Gasteiger partial charge in [0.05, 0.1) is 11.6 Å². The number of ketones is 1. The van der Waals surface area contributed by atoms with E-state index < -0.39 is 17.7 Å². The molecule has 1 aliphatic heterocycles. The molecule has 26 heavy (non-hydrogen) atoms. The summed E-state index contributed by atoms with van der Waals surface area (Å²) in [7, 11) is 3.96. The van der Waals surface area contributed by atoms with Crippen LogP contribution in [0, 0.1) is 5.92 Å². The van der Waals surface area contributed by atoms with Crippen LogP contribution in [0.15, 0.2) is 35.6 Å². The molecule has 1 atom stereocenters. The molecular formula is C21H30N2O3. The molecule has 0 spiro atoms. The maximum absolute atomic E-state index is 12.7.